The number of rotatable bonds is 3. The van der Waals surface area contributed by atoms with Crippen LogP contribution in [0.15, 0.2) is 18.2 Å². The van der Waals surface area contributed by atoms with Crippen LogP contribution in [-0.4, -0.2) is 37.0 Å². The molecule has 0 radical (unpaired) electrons. The van der Waals surface area contributed by atoms with Crippen LogP contribution in [-0.2, 0) is 11.2 Å². The molecule has 1 fully saturated rings. The molecule has 1 saturated heterocycles. The normalized spacial score (nSPS) is 16.3. The fourth-order valence-corrected chi connectivity index (χ4v) is 2.70. The predicted octanol–water partition coefficient (Wildman–Crippen LogP) is 2.13. The molecule has 2 rings (SSSR count). The lowest BCUT2D eigenvalue weighted by Gasteiger charge is -2.34. The van der Waals surface area contributed by atoms with Gasteiger partial charge in [-0.15, -0.1) is 0 Å². The van der Waals surface area contributed by atoms with E-state index in [4.69, 9.17) is 0 Å². The molecule has 3 nitrogen and oxygen atoms in total. The molecule has 20 heavy (non-hydrogen) atoms. The molecule has 0 bridgehead atoms. The van der Waals surface area contributed by atoms with Crippen molar-refractivity contribution >= 4 is 5.91 Å². The highest BCUT2D eigenvalue weighted by Gasteiger charge is 2.32. The number of carbonyl (C=O) groups excluding carboxylic acids is 1. The maximum Gasteiger partial charge on any atom is 0.228 e. The van der Waals surface area contributed by atoms with E-state index in [1.54, 1.807) is 13.0 Å². The van der Waals surface area contributed by atoms with Crippen LogP contribution in [0.4, 0.5) is 4.39 Å². The lowest BCUT2D eigenvalue weighted by atomic mass is 9.83. The summed E-state index contributed by atoms with van der Waals surface area (Å²) in [6, 6.07) is 5.09. The smallest absolute Gasteiger partial charge is 0.228 e. The van der Waals surface area contributed by atoms with Crippen LogP contribution in [0.25, 0.3) is 0 Å². The van der Waals surface area contributed by atoms with Crippen LogP contribution < -0.4 is 5.32 Å². The summed E-state index contributed by atoms with van der Waals surface area (Å²) in [5.41, 5.74) is 1.19. The number of hydrogen-bond donors (Lipinski definition) is 1. The van der Waals surface area contributed by atoms with E-state index in [1.165, 1.54) is 6.07 Å². The van der Waals surface area contributed by atoms with Gasteiger partial charge in [0.05, 0.1) is 0 Å². The molecular weight excluding hydrogens is 255 g/mol. The standard InChI is InChI=1S/C16H23FN2O/c1-12-10-13(4-5-14(12)17)11-16(2,3)15(20)19-8-6-18-7-9-19/h4-5,10,18H,6-9,11H2,1-3H3. The van der Waals surface area contributed by atoms with Gasteiger partial charge in [0.2, 0.25) is 5.91 Å². The van der Waals surface area contributed by atoms with Crippen LogP contribution in [0, 0.1) is 18.2 Å². The van der Waals surface area contributed by atoms with Crippen molar-refractivity contribution in [3.8, 4) is 0 Å². The molecule has 0 aliphatic carbocycles. The second kappa shape index (κ2) is 5.92. The molecule has 0 saturated carbocycles. The minimum Gasteiger partial charge on any atom is -0.340 e. The van der Waals surface area contributed by atoms with Crippen LogP contribution in [0.2, 0.25) is 0 Å². The van der Waals surface area contributed by atoms with E-state index in [9.17, 15) is 9.18 Å². The molecule has 110 valence electrons. The number of amides is 1. The molecule has 1 heterocycles. The van der Waals surface area contributed by atoms with Gasteiger partial charge in [0.1, 0.15) is 5.82 Å². The number of nitrogens with one attached hydrogen (secondary N) is 1. The van der Waals surface area contributed by atoms with Gasteiger partial charge in [-0.05, 0) is 30.5 Å². The zero-order valence-electron chi connectivity index (χ0n) is 12.5. The van der Waals surface area contributed by atoms with Crippen molar-refractivity contribution < 1.29 is 9.18 Å². The average Bonchev–Trinajstić information content (AvgIpc) is 2.43. The van der Waals surface area contributed by atoms with Gasteiger partial charge in [0.25, 0.3) is 0 Å². The van der Waals surface area contributed by atoms with E-state index < -0.39 is 5.41 Å². The number of halogens is 1. The molecule has 4 heteroatoms. The molecule has 1 N–H and O–H groups in total. The summed E-state index contributed by atoms with van der Waals surface area (Å²) in [5.74, 6) is -0.0130. The maximum atomic E-state index is 13.3. The first-order valence-corrected chi connectivity index (χ1v) is 7.15. The van der Waals surface area contributed by atoms with Gasteiger partial charge in [0.15, 0.2) is 0 Å². The molecule has 1 aromatic rings. The van der Waals surface area contributed by atoms with Crippen molar-refractivity contribution in [3.63, 3.8) is 0 Å². The topological polar surface area (TPSA) is 32.3 Å². The lowest BCUT2D eigenvalue weighted by Crippen LogP contribution is -2.51. The molecule has 1 amide bonds. The highest BCUT2D eigenvalue weighted by atomic mass is 19.1. The third-order valence-electron chi connectivity index (χ3n) is 3.85. The Hall–Kier alpha value is -1.42. The Morgan fingerprint density at radius 1 is 1.35 bits per heavy atom. The van der Waals surface area contributed by atoms with Gasteiger partial charge in [-0.3, -0.25) is 4.79 Å². The molecule has 0 aromatic heterocycles. The summed E-state index contributed by atoms with van der Waals surface area (Å²) in [4.78, 5) is 14.5. The van der Waals surface area contributed by atoms with Crippen molar-refractivity contribution in [2.75, 3.05) is 26.2 Å². The fraction of sp³-hybridized carbons (Fsp3) is 0.562. The predicted molar refractivity (Wildman–Crippen MR) is 78.1 cm³/mol. The van der Waals surface area contributed by atoms with E-state index in [2.05, 4.69) is 5.32 Å². The zero-order valence-corrected chi connectivity index (χ0v) is 12.5. The summed E-state index contributed by atoms with van der Waals surface area (Å²) in [6.07, 6.45) is 0.636. The summed E-state index contributed by atoms with van der Waals surface area (Å²) >= 11 is 0. The zero-order chi connectivity index (χ0) is 14.8. The Bertz CT molecular complexity index is 493. The minimum absolute atomic E-state index is 0.181. The van der Waals surface area contributed by atoms with E-state index in [1.807, 2.05) is 24.8 Å². The number of aryl methyl sites for hydroxylation is 1. The van der Waals surface area contributed by atoms with E-state index >= 15 is 0 Å². The monoisotopic (exact) mass is 278 g/mol. The number of carbonyl (C=O) groups is 1. The third kappa shape index (κ3) is 3.37. The summed E-state index contributed by atoms with van der Waals surface area (Å²) in [5, 5.41) is 3.25. The van der Waals surface area contributed by atoms with Gasteiger partial charge in [-0.1, -0.05) is 26.0 Å². The van der Waals surface area contributed by atoms with E-state index in [0.29, 0.717) is 12.0 Å². The second-order valence-electron chi connectivity index (χ2n) is 6.19. The molecule has 0 atom stereocenters. The summed E-state index contributed by atoms with van der Waals surface area (Å²) in [7, 11) is 0. The van der Waals surface area contributed by atoms with Gasteiger partial charge in [-0.25, -0.2) is 4.39 Å². The molecule has 1 aliphatic rings. The van der Waals surface area contributed by atoms with Crippen LogP contribution in [0.1, 0.15) is 25.0 Å². The number of nitrogens with zero attached hydrogens (tertiary/aromatic N) is 1. The first-order valence-electron chi connectivity index (χ1n) is 7.15. The molecule has 0 spiro atoms. The molecule has 1 aliphatic heterocycles. The Labute approximate surface area is 120 Å². The number of hydrogen-bond acceptors (Lipinski definition) is 2. The first kappa shape index (κ1) is 15.0. The van der Waals surface area contributed by atoms with E-state index in [0.717, 1.165) is 31.7 Å². The van der Waals surface area contributed by atoms with Gasteiger partial charge in [0, 0.05) is 31.6 Å². The Morgan fingerprint density at radius 3 is 2.60 bits per heavy atom. The van der Waals surface area contributed by atoms with Crippen LogP contribution >= 0.6 is 0 Å². The van der Waals surface area contributed by atoms with E-state index in [-0.39, 0.29) is 11.7 Å². The van der Waals surface area contributed by atoms with Gasteiger partial charge < -0.3 is 10.2 Å². The van der Waals surface area contributed by atoms with Crippen molar-refractivity contribution in [1.82, 2.24) is 10.2 Å². The Balaban J connectivity index is 2.08. The molecular formula is C16H23FN2O. The second-order valence-corrected chi connectivity index (χ2v) is 6.19. The number of benzene rings is 1. The SMILES string of the molecule is Cc1cc(CC(C)(C)C(=O)N2CCNCC2)ccc1F. The highest BCUT2D eigenvalue weighted by molar-refractivity contribution is 5.82. The molecule has 0 unspecified atom stereocenters. The van der Waals surface area contributed by atoms with Crippen molar-refractivity contribution in [3.05, 3.63) is 35.1 Å². The number of piperazine rings is 1. The minimum atomic E-state index is -0.457. The van der Waals surface area contributed by atoms with Crippen molar-refractivity contribution in [2.24, 2.45) is 5.41 Å². The van der Waals surface area contributed by atoms with Crippen LogP contribution in [0.5, 0.6) is 0 Å². The Morgan fingerprint density at radius 2 is 2.00 bits per heavy atom. The third-order valence-corrected chi connectivity index (χ3v) is 3.85. The van der Waals surface area contributed by atoms with Crippen LogP contribution in [0.3, 0.4) is 0 Å². The fourth-order valence-electron chi connectivity index (χ4n) is 2.70. The largest absolute Gasteiger partial charge is 0.340 e. The first-order chi connectivity index (χ1) is 9.40. The average molecular weight is 278 g/mol. The Kier molecular flexibility index (Phi) is 4.43. The van der Waals surface area contributed by atoms with Gasteiger partial charge in [-0.2, -0.15) is 0 Å². The molecule has 1 aromatic carbocycles. The van der Waals surface area contributed by atoms with Crippen molar-refractivity contribution in [1.29, 1.82) is 0 Å². The van der Waals surface area contributed by atoms with Gasteiger partial charge >= 0.3 is 0 Å². The quantitative estimate of drug-likeness (QED) is 0.918. The lowest BCUT2D eigenvalue weighted by molar-refractivity contribution is -0.140. The van der Waals surface area contributed by atoms with Crippen molar-refractivity contribution in [2.45, 2.75) is 27.2 Å². The summed E-state index contributed by atoms with van der Waals surface area (Å²) < 4.78 is 13.3. The highest BCUT2D eigenvalue weighted by Crippen LogP contribution is 2.26. The maximum absolute atomic E-state index is 13.3. The summed E-state index contributed by atoms with van der Waals surface area (Å²) in [6.45, 7) is 8.94.